The summed E-state index contributed by atoms with van der Waals surface area (Å²) in [6, 6.07) is 12.2. The van der Waals surface area contributed by atoms with Gasteiger partial charge in [-0.3, -0.25) is 4.21 Å². The topological polar surface area (TPSA) is 38.3 Å². The first-order chi connectivity index (χ1) is 10.5. The first-order valence-corrected chi connectivity index (χ1v) is 8.64. The second-order valence-corrected chi connectivity index (χ2v) is 6.64. The van der Waals surface area contributed by atoms with Crippen LogP contribution in [0.3, 0.4) is 0 Å². The molecule has 22 heavy (non-hydrogen) atoms. The van der Waals surface area contributed by atoms with E-state index in [0.717, 1.165) is 10.5 Å². The predicted octanol–water partition coefficient (Wildman–Crippen LogP) is 3.96. The summed E-state index contributed by atoms with van der Waals surface area (Å²) in [6.07, 6.45) is 1.66. The van der Waals surface area contributed by atoms with Crippen LogP contribution in [0.2, 0.25) is 0 Å². The molecular weight excluding hydrogens is 301 g/mol. The molecule has 1 atom stereocenters. The Balaban J connectivity index is 2.00. The monoisotopic (exact) mass is 321 g/mol. The van der Waals surface area contributed by atoms with Crippen molar-refractivity contribution in [2.45, 2.75) is 31.4 Å². The first kappa shape index (κ1) is 16.5. The zero-order valence-electron chi connectivity index (χ0n) is 12.9. The Morgan fingerprint density at radius 3 is 2.41 bits per heavy atom. The highest BCUT2D eigenvalue weighted by molar-refractivity contribution is 7.84. The molecule has 0 aromatic heterocycles. The Morgan fingerprint density at radius 2 is 1.86 bits per heavy atom. The molecule has 0 amide bonds. The van der Waals surface area contributed by atoms with Crippen molar-refractivity contribution < 1.29 is 13.3 Å². The van der Waals surface area contributed by atoms with Gasteiger partial charge in [-0.25, -0.2) is 4.39 Å². The largest absolute Gasteiger partial charge is 0.491 e. The standard InChI is InChI=1S/C17H20FNO2S/c1-12(2)21-14-6-9-17(16(18)10-14)19-11-13-4-7-15(8-5-13)22(3)20/h4-10,12,19H,11H2,1-3H3/t22-/m1/s1. The van der Waals surface area contributed by atoms with Gasteiger partial charge in [0.1, 0.15) is 11.6 Å². The molecule has 0 aliphatic heterocycles. The highest BCUT2D eigenvalue weighted by Crippen LogP contribution is 2.22. The average Bonchev–Trinajstić information content (AvgIpc) is 2.46. The molecule has 0 aliphatic rings. The molecule has 2 aromatic rings. The molecule has 0 saturated heterocycles. The molecule has 1 N–H and O–H groups in total. The number of hydrogen-bond acceptors (Lipinski definition) is 3. The van der Waals surface area contributed by atoms with Gasteiger partial charge in [0.2, 0.25) is 0 Å². The van der Waals surface area contributed by atoms with E-state index in [0.29, 0.717) is 18.0 Å². The van der Waals surface area contributed by atoms with Gasteiger partial charge in [-0.2, -0.15) is 0 Å². The van der Waals surface area contributed by atoms with Gasteiger partial charge < -0.3 is 10.1 Å². The van der Waals surface area contributed by atoms with Crippen molar-refractivity contribution in [1.82, 2.24) is 0 Å². The number of halogens is 1. The Kier molecular flexibility index (Phi) is 5.55. The highest BCUT2D eigenvalue weighted by Gasteiger charge is 2.06. The highest BCUT2D eigenvalue weighted by atomic mass is 32.2. The fourth-order valence-electron chi connectivity index (χ4n) is 1.98. The van der Waals surface area contributed by atoms with Crippen LogP contribution in [-0.2, 0) is 17.3 Å². The fourth-order valence-corrected chi connectivity index (χ4v) is 2.50. The van der Waals surface area contributed by atoms with Crippen molar-refractivity contribution in [3.63, 3.8) is 0 Å². The molecule has 2 rings (SSSR count). The van der Waals surface area contributed by atoms with E-state index < -0.39 is 10.8 Å². The molecule has 0 bridgehead atoms. The summed E-state index contributed by atoms with van der Waals surface area (Å²) >= 11 is 0. The van der Waals surface area contributed by atoms with Gasteiger partial charge in [-0.1, -0.05) is 12.1 Å². The number of hydrogen-bond donors (Lipinski definition) is 1. The Bertz CT molecular complexity index is 656. The molecule has 0 fully saturated rings. The van der Waals surface area contributed by atoms with Crippen molar-refractivity contribution >= 4 is 16.5 Å². The van der Waals surface area contributed by atoms with Crippen LogP contribution in [0, 0.1) is 5.82 Å². The molecule has 0 aliphatic carbocycles. The number of ether oxygens (including phenoxy) is 1. The molecule has 0 spiro atoms. The average molecular weight is 321 g/mol. The summed E-state index contributed by atoms with van der Waals surface area (Å²) in [7, 11) is -0.983. The Labute approximate surface area is 133 Å². The van der Waals surface area contributed by atoms with Crippen LogP contribution in [0.4, 0.5) is 10.1 Å². The van der Waals surface area contributed by atoms with Crippen LogP contribution in [0.1, 0.15) is 19.4 Å². The Morgan fingerprint density at radius 1 is 1.18 bits per heavy atom. The van der Waals surface area contributed by atoms with E-state index in [1.807, 2.05) is 38.1 Å². The quantitative estimate of drug-likeness (QED) is 0.875. The molecule has 118 valence electrons. The number of nitrogens with one attached hydrogen (secondary N) is 1. The SMILES string of the molecule is CC(C)Oc1ccc(NCc2ccc([S@@](C)=O)cc2)c(F)c1. The van der Waals surface area contributed by atoms with Gasteiger partial charge in [0, 0.05) is 34.6 Å². The summed E-state index contributed by atoms with van der Waals surface area (Å²) in [4.78, 5) is 0.783. The Hall–Kier alpha value is -1.88. The van der Waals surface area contributed by atoms with E-state index in [9.17, 15) is 8.60 Å². The molecule has 3 nitrogen and oxygen atoms in total. The van der Waals surface area contributed by atoms with Gasteiger partial charge in [-0.05, 0) is 43.7 Å². The lowest BCUT2D eigenvalue weighted by atomic mass is 10.2. The lowest BCUT2D eigenvalue weighted by Gasteiger charge is -2.12. The van der Waals surface area contributed by atoms with Gasteiger partial charge in [0.15, 0.2) is 0 Å². The van der Waals surface area contributed by atoms with Gasteiger partial charge in [-0.15, -0.1) is 0 Å². The molecule has 5 heteroatoms. The predicted molar refractivity (Wildman–Crippen MR) is 88.3 cm³/mol. The van der Waals surface area contributed by atoms with Crippen molar-refractivity contribution in [2.24, 2.45) is 0 Å². The van der Waals surface area contributed by atoms with Crippen LogP contribution < -0.4 is 10.1 Å². The van der Waals surface area contributed by atoms with Crippen LogP contribution in [0.5, 0.6) is 5.75 Å². The van der Waals surface area contributed by atoms with E-state index >= 15 is 0 Å². The second kappa shape index (κ2) is 7.40. The molecule has 0 heterocycles. The third-order valence-electron chi connectivity index (χ3n) is 3.05. The van der Waals surface area contributed by atoms with Crippen LogP contribution in [-0.4, -0.2) is 16.6 Å². The van der Waals surface area contributed by atoms with Crippen molar-refractivity contribution in [2.75, 3.05) is 11.6 Å². The summed E-state index contributed by atoms with van der Waals surface area (Å²) in [5.74, 6) is 0.178. The van der Waals surface area contributed by atoms with E-state index in [4.69, 9.17) is 4.74 Å². The van der Waals surface area contributed by atoms with Crippen LogP contribution in [0.15, 0.2) is 47.4 Å². The van der Waals surface area contributed by atoms with Gasteiger partial charge >= 0.3 is 0 Å². The van der Waals surface area contributed by atoms with Gasteiger partial charge in [0.25, 0.3) is 0 Å². The molecular formula is C17H20FNO2S. The maximum absolute atomic E-state index is 14.0. The minimum absolute atomic E-state index is 0.0147. The number of rotatable bonds is 6. The first-order valence-electron chi connectivity index (χ1n) is 7.08. The summed E-state index contributed by atoms with van der Waals surface area (Å²) in [5.41, 5.74) is 1.43. The van der Waals surface area contributed by atoms with Crippen LogP contribution in [0.25, 0.3) is 0 Å². The van der Waals surface area contributed by atoms with Crippen molar-refractivity contribution in [3.05, 3.63) is 53.8 Å². The normalized spacial score (nSPS) is 12.2. The smallest absolute Gasteiger partial charge is 0.149 e. The van der Waals surface area contributed by atoms with E-state index in [2.05, 4.69) is 5.32 Å². The number of anilines is 1. The van der Waals surface area contributed by atoms with E-state index in [1.165, 1.54) is 6.07 Å². The minimum atomic E-state index is -0.983. The van der Waals surface area contributed by atoms with Crippen molar-refractivity contribution in [1.29, 1.82) is 0 Å². The number of benzene rings is 2. The van der Waals surface area contributed by atoms with E-state index in [1.54, 1.807) is 18.4 Å². The lowest BCUT2D eigenvalue weighted by Crippen LogP contribution is -2.06. The third-order valence-corrected chi connectivity index (χ3v) is 3.99. The summed E-state index contributed by atoms with van der Waals surface area (Å²) in [6.45, 7) is 4.30. The lowest BCUT2D eigenvalue weighted by molar-refractivity contribution is 0.241. The molecule has 0 radical (unpaired) electrons. The zero-order chi connectivity index (χ0) is 16.1. The van der Waals surface area contributed by atoms with E-state index in [-0.39, 0.29) is 11.9 Å². The fraction of sp³-hybridized carbons (Fsp3) is 0.294. The zero-order valence-corrected chi connectivity index (χ0v) is 13.7. The van der Waals surface area contributed by atoms with Crippen LogP contribution >= 0.6 is 0 Å². The maximum Gasteiger partial charge on any atom is 0.149 e. The maximum atomic E-state index is 14.0. The van der Waals surface area contributed by atoms with Gasteiger partial charge in [0.05, 0.1) is 11.8 Å². The van der Waals surface area contributed by atoms with Crippen molar-refractivity contribution in [3.8, 4) is 5.75 Å². The second-order valence-electron chi connectivity index (χ2n) is 5.26. The summed E-state index contributed by atoms with van der Waals surface area (Å²) in [5, 5.41) is 3.05. The minimum Gasteiger partial charge on any atom is -0.491 e. The third kappa shape index (κ3) is 4.56. The summed E-state index contributed by atoms with van der Waals surface area (Å²) < 4.78 is 30.8. The molecule has 2 aromatic carbocycles. The molecule has 0 saturated carbocycles. The molecule has 0 unspecified atom stereocenters.